The Labute approximate surface area is 124 Å². The first-order valence-electron chi connectivity index (χ1n) is 6.68. The highest BCUT2D eigenvalue weighted by atomic mass is 35.5. The van der Waals surface area contributed by atoms with E-state index >= 15 is 0 Å². The molecule has 0 heterocycles. The highest BCUT2D eigenvalue weighted by Gasteiger charge is 2.14. The van der Waals surface area contributed by atoms with Gasteiger partial charge in [-0.15, -0.1) is 0 Å². The number of hydrogen-bond acceptors (Lipinski definition) is 3. The molecule has 0 aliphatic heterocycles. The molecule has 2 aromatic rings. The second-order valence-electron chi connectivity index (χ2n) is 4.41. The Morgan fingerprint density at radius 1 is 1.20 bits per heavy atom. The van der Waals surface area contributed by atoms with Crippen LogP contribution in [-0.2, 0) is 0 Å². The lowest BCUT2D eigenvalue weighted by Gasteiger charge is -2.21. The largest absolute Gasteiger partial charge is 0.494 e. The predicted octanol–water partition coefficient (Wildman–Crippen LogP) is 3.85. The number of nitrogens with one attached hydrogen (secondary N) is 1. The zero-order chi connectivity index (χ0) is 14.4. The maximum Gasteiger partial charge on any atom is 0.124 e. The molecule has 0 aromatic heterocycles. The first-order chi connectivity index (χ1) is 9.74. The van der Waals surface area contributed by atoms with Gasteiger partial charge in [-0.05, 0) is 31.2 Å². The fraction of sp³-hybridized carbons (Fsp3) is 0.250. The summed E-state index contributed by atoms with van der Waals surface area (Å²) in [5.74, 6) is 0.861. The quantitative estimate of drug-likeness (QED) is 0.849. The molecule has 0 saturated heterocycles. The minimum atomic E-state index is -0.0174. The van der Waals surface area contributed by atoms with Crippen molar-refractivity contribution in [2.24, 2.45) is 5.73 Å². The Balaban J connectivity index is 2.24. The van der Waals surface area contributed by atoms with Crippen LogP contribution >= 0.6 is 11.6 Å². The van der Waals surface area contributed by atoms with Gasteiger partial charge in [0.15, 0.2) is 0 Å². The zero-order valence-electron chi connectivity index (χ0n) is 11.5. The van der Waals surface area contributed by atoms with E-state index in [9.17, 15) is 0 Å². The lowest BCUT2D eigenvalue weighted by molar-refractivity contribution is 0.335. The number of benzene rings is 2. The van der Waals surface area contributed by atoms with Crippen LogP contribution in [0.2, 0.25) is 5.02 Å². The molecule has 0 aliphatic rings. The third-order valence-electron chi connectivity index (χ3n) is 3.00. The highest BCUT2D eigenvalue weighted by molar-refractivity contribution is 6.30. The Bertz CT molecular complexity index is 560. The molecule has 2 rings (SSSR count). The van der Waals surface area contributed by atoms with Crippen LogP contribution in [0, 0.1) is 0 Å². The number of para-hydroxylation sites is 1. The number of nitrogens with two attached hydrogens (primary N) is 1. The molecule has 4 heteroatoms. The molecule has 1 atom stereocenters. The molecule has 0 radical (unpaired) electrons. The van der Waals surface area contributed by atoms with Crippen LogP contribution in [0.15, 0.2) is 48.5 Å². The molecule has 0 saturated carbocycles. The number of ether oxygens (including phenoxy) is 1. The molecule has 3 N–H and O–H groups in total. The van der Waals surface area contributed by atoms with Gasteiger partial charge in [0.1, 0.15) is 5.75 Å². The van der Waals surface area contributed by atoms with Gasteiger partial charge in [-0.1, -0.05) is 35.9 Å². The second kappa shape index (κ2) is 7.17. The lowest BCUT2D eigenvalue weighted by Crippen LogP contribution is -2.21. The molecule has 20 heavy (non-hydrogen) atoms. The van der Waals surface area contributed by atoms with E-state index in [-0.39, 0.29) is 6.04 Å². The van der Waals surface area contributed by atoms with Crippen molar-refractivity contribution in [3.8, 4) is 5.75 Å². The van der Waals surface area contributed by atoms with Crippen LogP contribution in [0.4, 0.5) is 5.69 Å². The lowest BCUT2D eigenvalue weighted by atomic mass is 10.1. The van der Waals surface area contributed by atoms with Gasteiger partial charge >= 0.3 is 0 Å². The highest BCUT2D eigenvalue weighted by Crippen LogP contribution is 2.28. The van der Waals surface area contributed by atoms with Gasteiger partial charge in [0.2, 0.25) is 0 Å². The third-order valence-corrected chi connectivity index (χ3v) is 3.23. The summed E-state index contributed by atoms with van der Waals surface area (Å²) in [6.07, 6.45) is 0. The van der Waals surface area contributed by atoms with Crippen LogP contribution < -0.4 is 15.8 Å². The average Bonchev–Trinajstić information content (AvgIpc) is 2.46. The minimum Gasteiger partial charge on any atom is -0.494 e. The maximum atomic E-state index is 6.00. The first-order valence-corrected chi connectivity index (χ1v) is 7.06. The van der Waals surface area contributed by atoms with Crippen molar-refractivity contribution in [3.63, 3.8) is 0 Å². The summed E-state index contributed by atoms with van der Waals surface area (Å²) in [5.41, 5.74) is 7.90. The summed E-state index contributed by atoms with van der Waals surface area (Å²) < 4.78 is 5.66. The molecule has 0 bridgehead atoms. The molecule has 0 aliphatic carbocycles. The van der Waals surface area contributed by atoms with E-state index in [1.54, 1.807) is 0 Å². The van der Waals surface area contributed by atoms with Gasteiger partial charge < -0.3 is 15.8 Å². The van der Waals surface area contributed by atoms with Crippen LogP contribution in [0.25, 0.3) is 0 Å². The monoisotopic (exact) mass is 290 g/mol. The first kappa shape index (κ1) is 14.7. The van der Waals surface area contributed by atoms with Crippen molar-refractivity contribution in [1.82, 2.24) is 0 Å². The topological polar surface area (TPSA) is 47.3 Å². The summed E-state index contributed by atoms with van der Waals surface area (Å²) in [4.78, 5) is 0. The van der Waals surface area contributed by atoms with Crippen molar-refractivity contribution in [1.29, 1.82) is 0 Å². The Morgan fingerprint density at radius 3 is 2.70 bits per heavy atom. The van der Waals surface area contributed by atoms with Crippen LogP contribution in [0.3, 0.4) is 0 Å². The molecule has 0 fully saturated rings. The predicted molar refractivity (Wildman–Crippen MR) is 84.5 cm³/mol. The molecule has 1 unspecified atom stereocenters. The summed E-state index contributed by atoms with van der Waals surface area (Å²) in [6, 6.07) is 15.5. The van der Waals surface area contributed by atoms with Gasteiger partial charge in [0.05, 0.1) is 12.6 Å². The normalized spacial score (nSPS) is 11.9. The van der Waals surface area contributed by atoms with E-state index in [2.05, 4.69) is 5.32 Å². The average molecular weight is 291 g/mol. The number of rotatable bonds is 6. The van der Waals surface area contributed by atoms with Crippen molar-refractivity contribution in [3.05, 3.63) is 59.1 Å². The molecular weight excluding hydrogens is 272 g/mol. The summed E-state index contributed by atoms with van der Waals surface area (Å²) in [5, 5.41) is 4.09. The summed E-state index contributed by atoms with van der Waals surface area (Å²) in [6.45, 7) is 3.07. The molecule has 0 amide bonds. The van der Waals surface area contributed by atoms with E-state index in [0.29, 0.717) is 18.2 Å². The van der Waals surface area contributed by atoms with E-state index in [1.807, 2.05) is 55.5 Å². The molecule has 3 nitrogen and oxygen atoms in total. The number of hydrogen-bond donors (Lipinski definition) is 2. The maximum absolute atomic E-state index is 6.00. The van der Waals surface area contributed by atoms with Crippen molar-refractivity contribution >= 4 is 17.3 Å². The molecular formula is C16H19ClN2O. The van der Waals surface area contributed by atoms with Crippen LogP contribution in [0.1, 0.15) is 18.5 Å². The number of anilines is 1. The molecule has 106 valence electrons. The summed E-state index contributed by atoms with van der Waals surface area (Å²) in [7, 11) is 0. The molecule has 0 spiro atoms. The Hall–Kier alpha value is -1.71. The van der Waals surface area contributed by atoms with Gasteiger partial charge in [-0.3, -0.25) is 0 Å². The van der Waals surface area contributed by atoms with Gasteiger partial charge in [-0.2, -0.15) is 0 Å². The second-order valence-corrected chi connectivity index (χ2v) is 4.85. The fourth-order valence-electron chi connectivity index (χ4n) is 2.10. The van der Waals surface area contributed by atoms with E-state index in [1.165, 1.54) is 0 Å². The van der Waals surface area contributed by atoms with E-state index in [4.69, 9.17) is 22.1 Å². The van der Waals surface area contributed by atoms with E-state index < -0.39 is 0 Å². The third kappa shape index (κ3) is 3.65. The zero-order valence-corrected chi connectivity index (χ0v) is 12.2. The van der Waals surface area contributed by atoms with Crippen molar-refractivity contribution in [2.75, 3.05) is 18.5 Å². The van der Waals surface area contributed by atoms with Crippen molar-refractivity contribution < 1.29 is 4.74 Å². The SMILES string of the molecule is CCOc1ccccc1C(CN)Nc1cccc(Cl)c1. The summed E-state index contributed by atoms with van der Waals surface area (Å²) >= 11 is 6.00. The van der Waals surface area contributed by atoms with Gasteiger partial charge in [0, 0.05) is 22.8 Å². The smallest absolute Gasteiger partial charge is 0.124 e. The van der Waals surface area contributed by atoms with Crippen LogP contribution in [0.5, 0.6) is 5.75 Å². The van der Waals surface area contributed by atoms with Crippen LogP contribution in [-0.4, -0.2) is 13.2 Å². The Morgan fingerprint density at radius 2 is 2.00 bits per heavy atom. The van der Waals surface area contributed by atoms with E-state index in [0.717, 1.165) is 17.0 Å². The van der Waals surface area contributed by atoms with Gasteiger partial charge in [0.25, 0.3) is 0 Å². The minimum absolute atomic E-state index is 0.0174. The number of halogens is 1. The Kier molecular flexibility index (Phi) is 5.27. The fourth-order valence-corrected chi connectivity index (χ4v) is 2.29. The standard InChI is InChI=1S/C16H19ClN2O/c1-2-20-16-9-4-3-8-14(16)15(11-18)19-13-7-5-6-12(17)10-13/h3-10,15,19H,2,11,18H2,1H3. The van der Waals surface area contributed by atoms with Gasteiger partial charge in [-0.25, -0.2) is 0 Å². The van der Waals surface area contributed by atoms with Crippen molar-refractivity contribution in [2.45, 2.75) is 13.0 Å². The molecule has 2 aromatic carbocycles.